The summed E-state index contributed by atoms with van der Waals surface area (Å²) in [4.78, 5) is 4.02. The highest BCUT2D eigenvalue weighted by Gasteiger charge is 2.12. The van der Waals surface area contributed by atoms with Crippen molar-refractivity contribution in [1.82, 2.24) is 9.78 Å². The van der Waals surface area contributed by atoms with Gasteiger partial charge in [-0.2, -0.15) is 10.4 Å². The maximum atomic E-state index is 9.31. The summed E-state index contributed by atoms with van der Waals surface area (Å²) in [6.45, 7) is 5.51. The molecular formula is C15H14N4. The minimum absolute atomic E-state index is 0.601. The van der Waals surface area contributed by atoms with Gasteiger partial charge >= 0.3 is 0 Å². The molecule has 0 atom stereocenters. The molecule has 0 amide bonds. The lowest BCUT2D eigenvalue weighted by atomic mass is 10.00. The Labute approximate surface area is 112 Å². The van der Waals surface area contributed by atoms with Crippen LogP contribution < -0.4 is 0 Å². The smallest absolute Gasteiger partial charge is 0.0999 e. The third kappa shape index (κ3) is 2.31. The lowest BCUT2D eigenvalue weighted by Gasteiger charge is -2.08. The third-order valence-corrected chi connectivity index (χ3v) is 2.90. The van der Waals surface area contributed by atoms with Crippen LogP contribution in [-0.2, 0) is 7.05 Å². The van der Waals surface area contributed by atoms with Crippen LogP contribution in [0.25, 0.3) is 17.3 Å². The fourth-order valence-electron chi connectivity index (χ4n) is 2.00. The van der Waals surface area contributed by atoms with E-state index in [2.05, 4.69) is 22.9 Å². The first kappa shape index (κ1) is 12.8. The Balaban J connectivity index is 2.72. The fourth-order valence-corrected chi connectivity index (χ4v) is 2.00. The zero-order valence-electron chi connectivity index (χ0n) is 11.0. The zero-order chi connectivity index (χ0) is 13.8. The molecule has 1 aromatic heterocycles. The van der Waals surface area contributed by atoms with E-state index < -0.39 is 0 Å². The number of hydrogen-bond acceptors (Lipinski definition) is 3. The molecule has 0 aliphatic carbocycles. The van der Waals surface area contributed by atoms with Gasteiger partial charge in [-0.15, -0.1) is 0 Å². The second-order valence-electron chi connectivity index (χ2n) is 4.07. The number of hydrogen-bond donors (Lipinski definition) is 0. The Kier molecular flexibility index (Phi) is 3.58. The van der Waals surface area contributed by atoms with Gasteiger partial charge in [-0.25, -0.2) is 0 Å². The van der Waals surface area contributed by atoms with Gasteiger partial charge in [0.15, 0.2) is 0 Å². The second kappa shape index (κ2) is 5.32. The summed E-state index contributed by atoms with van der Waals surface area (Å²) in [5.74, 6) is 0. The van der Waals surface area contributed by atoms with E-state index in [9.17, 15) is 5.26 Å². The van der Waals surface area contributed by atoms with Crippen LogP contribution in [0.3, 0.4) is 0 Å². The summed E-state index contributed by atoms with van der Waals surface area (Å²) < 4.78 is 1.73. The van der Waals surface area contributed by atoms with Crippen molar-refractivity contribution < 1.29 is 0 Å². The summed E-state index contributed by atoms with van der Waals surface area (Å²) in [5, 5.41) is 13.4. The van der Waals surface area contributed by atoms with Crippen molar-refractivity contribution in [2.24, 2.45) is 12.0 Å². The number of aryl methyl sites for hydroxylation is 1. The van der Waals surface area contributed by atoms with E-state index in [1.165, 1.54) is 0 Å². The largest absolute Gasteiger partial charge is 0.268 e. The fraction of sp³-hybridized carbons (Fsp3) is 0.133. The number of aliphatic imine (C=N–C) groups is 1. The molecule has 0 fully saturated rings. The van der Waals surface area contributed by atoms with Crippen molar-refractivity contribution in [3.63, 3.8) is 0 Å². The molecule has 4 heteroatoms. The molecule has 4 nitrogen and oxygen atoms in total. The van der Waals surface area contributed by atoms with E-state index in [-0.39, 0.29) is 0 Å². The molecule has 0 saturated carbocycles. The number of nitriles is 1. The Morgan fingerprint density at radius 3 is 2.79 bits per heavy atom. The van der Waals surface area contributed by atoms with Crippen LogP contribution in [0.2, 0.25) is 0 Å². The molecule has 0 aliphatic rings. The van der Waals surface area contributed by atoms with Gasteiger partial charge in [0.05, 0.1) is 23.0 Å². The molecule has 1 aromatic carbocycles. The first-order valence-corrected chi connectivity index (χ1v) is 5.87. The number of benzene rings is 1. The second-order valence-corrected chi connectivity index (χ2v) is 4.07. The average molecular weight is 250 g/mol. The first-order chi connectivity index (χ1) is 9.21. The topological polar surface area (TPSA) is 54.0 Å². The maximum absolute atomic E-state index is 9.31. The van der Waals surface area contributed by atoms with Gasteiger partial charge in [0, 0.05) is 24.4 Å². The SMILES string of the molecule is C=Nc1cc(-c2ccnn2C)c(C#N)cc1/C=C\C. The molecule has 19 heavy (non-hydrogen) atoms. The van der Waals surface area contributed by atoms with Crippen molar-refractivity contribution in [3.05, 3.63) is 41.6 Å². The Morgan fingerprint density at radius 2 is 2.26 bits per heavy atom. The minimum Gasteiger partial charge on any atom is -0.268 e. The highest BCUT2D eigenvalue weighted by atomic mass is 15.3. The molecule has 94 valence electrons. The standard InChI is InChI=1S/C15H14N4/c1-4-5-11-8-12(10-16)13(9-14(11)17-2)15-6-7-18-19(15)3/h4-9H,2H2,1,3H3/b5-4-. The van der Waals surface area contributed by atoms with E-state index in [1.807, 2.05) is 44.3 Å². The van der Waals surface area contributed by atoms with E-state index >= 15 is 0 Å². The van der Waals surface area contributed by atoms with Gasteiger partial charge in [0.2, 0.25) is 0 Å². The Morgan fingerprint density at radius 1 is 1.47 bits per heavy atom. The average Bonchev–Trinajstić information content (AvgIpc) is 2.84. The molecule has 1 heterocycles. The summed E-state index contributed by atoms with van der Waals surface area (Å²) in [6.07, 6.45) is 5.53. The van der Waals surface area contributed by atoms with Gasteiger partial charge < -0.3 is 0 Å². The van der Waals surface area contributed by atoms with Crippen LogP contribution in [0.1, 0.15) is 18.1 Å². The number of rotatable bonds is 3. The molecule has 2 aromatic rings. The van der Waals surface area contributed by atoms with E-state index in [1.54, 1.807) is 10.9 Å². The van der Waals surface area contributed by atoms with Gasteiger partial charge in [0.1, 0.15) is 0 Å². The molecule has 0 spiro atoms. The van der Waals surface area contributed by atoms with Crippen molar-refractivity contribution >= 4 is 18.5 Å². The lowest BCUT2D eigenvalue weighted by molar-refractivity contribution is 0.775. The number of aromatic nitrogens is 2. The Hall–Kier alpha value is -2.67. The molecule has 0 aliphatic heterocycles. The van der Waals surface area contributed by atoms with E-state index in [0.717, 1.165) is 22.5 Å². The zero-order valence-corrected chi connectivity index (χ0v) is 11.0. The van der Waals surface area contributed by atoms with Crippen LogP contribution in [-0.4, -0.2) is 16.5 Å². The highest BCUT2D eigenvalue weighted by molar-refractivity contribution is 5.78. The molecule has 2 rings (SSSR count). The van der Waals surface area contributed by atoms with E-state index in [4.69, 9.17) is 0 Å². The van der Waals surface area contributed by atoms with Crippen LogP contribution in [0, 0.1) is 11.3 Å². The molecule has 0 unspecified atom stereocenters. The van der Waals surface area contributed by atoms with Crippen LogP contribution >= 0.6 is 0 Å². The molecule has 0 radical (unpaired) electrons. The van der Waals surface area contributed by atoms with Crippen LogP contribution in [0.15, 0.2) is 35.5 Å². The number of nitrogens with zero attached hydrogens (tertiary/aromatic N) is 4. The van der Waals surface area contributed by atoms with Gasteiger partial charge in [-0.05, 0) is 31.8 Å². The van der Waals surface area contributed by atoms with Crippen molar-refractivity contribution in [1.29, 1.82) is 5.26 Å². The van der Waals surface area contributed by atoms with E-state index in [0.29, 0.717) is 5.56 Å². The van der Waals surface area contributed by atoms with Gasteiger partial charge in [-0.1, -0.05) is 12.2 Å². The summed E-state index contributed by atoms with van der Waals surface area (Å²) in [7, 11) is 1.84. The normalized spacial score (nSPS) is 10.6. The first-order valence-electron chi connectivity index (χ1n) is 5.87. The summed E-state index contributed by atoms with van der Waals surface area (Å²) in [5.41, 5.74) is 3.95. The van der Waals surface area contributed by atoms with Gasteiger partial charge in [-0.3, -0.25) is 9.67 Å². The van der Waals surface area contributed by atoms with Crippen molar-refractivity contribution in [2.75, 3.05) is 0 Å². The van der Waals surface area contributed by atoms with Crippen LogP contribution in [0.5, 0.6) is 0 Å². The molecule has 0 N–H and O–H groups in total. The maximum Gasteiger partial charge on any atom is 0.0999 e. The van der Waals surface area contributed by atoms with Crippen LogP contribution in [0.4, 0.5) is 5.69 Å². The Bertz CT molecular complexity index is 687. The lowest BCUT2D eigenvalue weighted by Crippen LogP contribution is -1.96. The van der Waals surface area contributed by atoms with Gasteiger partial charge in [0.25, 0.3) is 0 Å². The number of allylic oxidation sites excluding steroid dienone is 1. The minimum atomic E-state index is 0.601. The third-order valence-electron chi connectivity index (χ3n) is 2.90. The summed E-state index contributed by atoms with van der Waals surface area (Å²) in [6, 6.07) is 7.80. The molecule has 0 bridgehead atoms. The monoisotopic (exact) mass is 250 g/mol. The summed E-state index contributed by atoms with van der Waals surface area (Å²) >= 11 is 0. The van der Waals surface area contributed by atoms with Crippen molar-refractivity contribution in [2.45, 2.75) is 6.92 Å². The predicted molar refractivity (Wildman–Crippen MR) is 77.3 cm³/mol. The van der Waals surface area contributed by atoms with Crippen molar-refractivity contribution in [3.8, 4) is 17.3 Å². The quantitative estimate of drug-likeness (QED) is 0.784. The molecule has 0 saturated heterocycles. The predicted octanol–water partition coefficient (Wildman–Crippen LogP) is 3.32. The highest BCUT2D eigenvalue weighted by Crippen LogP contribution is 2.31. The molecular weight excluding hydrogens is 236 g/mol.